The van der Waals surface area contributed by atoms with E-state index in [0.29, 0.717) is 0 Å². The van der Waals surface area contributed by atoms with Crippen molar-refractivity contribution < 1.29 is 23.1 Å². The molecule has 4 rings (SSSR count). The maximum Gasteiger partial charge on any atom is 0.356 e. The average Bonchev–Trinajstić information content (AvgIpc) is 3.02. The largest absolute Gasteiger partial charge is 0.476 e. The first kappa shape index (κ1) is 16.6. The Kier molecular flexibility index (Phi) is 3.42. The summed E-state index contributed by atoms with van der Waals surface area (Å²) in [5, 5.41) is 12.9. The monoisotopic (exact) mass is 383 g/mol. The topological polar surface area (TPSA) is 87.5 Å². The molecule has 0 spiro atoms. The van der Waals surface area contributed by atoms with Crippen molar-refractivity contribution in [2.24, 2.45) is 0 Å². The highest BCUT2D eigenvalue weighted by molar-refractivity contribution is 6.30. The van der Waals surface area contributed by atoms with Crippen LogP contribution >= 0.6 is 11.6 Å². The number of nitrogens with one attached hydrogen (secondary N) is 1. The minimum absolute atomic E-state index is 0.109. The summed E-state index contributed by atoms with van der Waals surface area (Å²) in [5.74, 6) is -6.66. The molecule has 0 bridgehead atoms. The Morgan fingerprint density at radius 1 is 1.42 bits per heavy atom. The summed E-state index contributed by atoms with van der Waals surface area (Å²) in [6.45, 7) is 0. The van der Waals surface area contributed by atoms with Crippen LogP contribution in [0.3, 0.4) is 0 Å². The van der Waals surface area contributed by atoms with Gasteiger partial charge in [0.15, 0.2) is 5.69 Å². The van der Waals surface area contributed by atoms with Crippen LogP contribution in [0, 0.1) is 5.82 Å². The van der Waals surface area contributed by atoms with Gasteiger partial charge in [0.25, 0.3) is 11.5 Å². The van der Waals surface area contributed by atoms with Crippen molar-refractivity contribution in [3.05, 3.63) is 56.8 Å². The fraction of sp³-hybridized carbons (Fsp3) is 0.188. The van der Waals surface area contributed by atoms with Gasteiger partial charge in [-0.25, -0.2) is 22.5 Å². The van der Waals surface area contributed by atoms with E-state index in [0.717, 1.165) is 10.6 Å². The summed E-state index contributed by atoms with van der Waals surface area (Å²) >= 11 is 5.62. The molecule has 1 fully saturated rings. The lowest BCUT2D eigenvalue weighted by Gasteiger charge is -2.04. The number of aromatic amines is 1. The molecule has 10 heteroatoms. The van der Waals surface area contributed by atoms with Crippen LogP contribution in [0.15, 0.2) is 29.2 Å². The molecule has 0 amide bonds. The smallest absolute Gasteiger partial charge is 0.356 e. The third-order valence-electron chi connectivity index (χ3n) is 4.27. The molecular formula is C16H9ClF3N3O3. The molecule has 1 aliphatic carbocycles. The number of carboxylic acids is 1. The van der Waals surface area contributed by atoms with E-state index in [9.17, 15) is 27.9 Å². The van der Waals surface area contributed by atoms with E-state index in [-0.39, 0.29) is 27.4 Å². The molecular weight excluding hydrogens is 375 g/mol. The lowest BCUT2D eigenvalue weighted by atomic mass is 10.1. The first-order valence-corrected chi connectivity index (χ1v) is 7.79. The molecule has 26 heavy (non-hydrogen) atoms. The zero-order valence-corrected chi connectivity index (χ0v) is 13.5. The molecule has 1 aromatic carbocycles. The van der Waals surface area contributed by atoms with Gasteiger partial charge in [-0.1, -0.05) is 17.7 Å². The SMILES string of the molecule is O=C(O)c1nn2cc(-c3ccc(Cl)c(F)c3)[nH]c(=O)c2c1C1CC1(F)F. The van der Waals surface area contributed by atoms with E-state index in [1.807, 2.05) is 0 Å². The Bertz CT molecular complexity index is 1140. The van der Waals surface area contributed by atoms with Crippen LogP contribution in [0.4, 0.5) is 13.2 Å². The molecule has 6 nitrogen and oxygen atoms in total. The quantitative estimate of drug-likeness (QED) is 0.726. The van der Waals surface area contributed by atoms with Gasteiger partial charge < -0.3 is 10.1 Å². The van der Waals surface area contributed by atoms with E-state index in [4.69, 9.17) is 11.6 Å². The number of fused-ring (bicyclic) bond motifs is 1. The van der Waals surface area contributed by atoms with Gasteiger partial charge >= 0.3 is 5.97 Å². The van der Waals surface area contributed by atoms with Gasteiger partial charge in [-0.05, 0) is 12.1 Å². The number of benzene rings is 1. The van der Waals surface area contributed by atoms with Crippen molar-refractivity contribution >= 4 is 23.1 Å². The second-order valence-electron chi connectivity index (χ2n) is 6.00. The Balaban J connectivity index is 1.95. The van der Waals surface area contributed by atoms with Crippen LogP contribution in [-0.2, 0) is 0 Å². The standard InChI is InChI=1S/C16H9ClF3N3O3/c17-8-2-1-6(3-9(8)18)10-5-23-13(14(24)21-10)11(7-4-16(7,19)20)12(22-23)15(25)26/h1-3,5,7H,4H2,(H,21,24)(H,25,26). The van der Waals surface area contributed by atoms with Gasteiger partial charge in [0, 0.05) is 17.5 Å². The van der Waals surface area contributed by atoms with Crippen LogP contribution in [-0.4, -0.2) is 31.6 Å². The lowest BCUT2D eigenvalue weighted by molar-refractivity contribution is 0.0688. The van der Waals surface area contributed by atoms with Crippen LogP contribution in [0.25, 0.3) is 16.8 Å². The van der Waals surface area contributed by atoms with Crippen molar-refractivity contribution in [1.29, 1.82) is 0 Å². The summed E-state index contributed by atoms with van der Waals surface area (Å²) in [7, 11) is 0. The van der Waals surface area contributed by atoms with E-state index >= 15 is 0 Å². The minimum atomic E-state index is -3.07. The molecule has 3 aromatic rings. The van der Waals surface area contributed by atoms with Crippen molar-refractivity contribution in [1.82, 2.24) is 14.6 Å². The molecule has 0 aliphatic heterocycles. The first-order valence-electron chi connectivity index (χ1n) is 7.41. The van der Waals surface area contributed by atoms with Crippen molar-refractivity contribution in [3.8, 4) is 11.3 Å². The Morgan fingerprint density at radius 2 is 2.12 bits per heavy atom. The number of H-pyrrole nitrogens is 1. The number of hydrogen-bond acceptors (Lipinski definition) is 3. The molecule has 134 valence electrons. The number of carboxylic acid groups (broad SMARTS) is 1. The number of nitrogens with zero attached hydrogens (tertiary/aromatic N) is 2. The Labute approximate surface area is 147 Å². The fourth-order valence-corrected chi connectivity index (χ4v) is 3.05. The molecule has 1 saturated carbocycles. The average molecular weight is 384 g/mol. The highest BCUT2D eigenvalue weighted by Crippen LogP contribution is 2.57. The van der Waals surface area contributed by atoms with Crippen LogP contribution in [0.5, 0.6) is 0 Å². The Hall–Kier alpha value is -2.81. The summed E-state index contributed by atoms with van der Waals surface area (Å²) in [6, 6.07) is 3.81. The van der Waals surface area contributed by atoms with Gasteiger partial charge in [0.05, 0.1) is 22.8 Å². The zero-order valence-electron chi connectivity index (χ0n) is 12.8. The maximum absolute atomic E-state index is 13.6. The molecule has 2 heterocycles. The third kappa shape index (κ3) is 2.47. The lowest BCUT2D eigenvalue weighted by Crippen LogP contribution is -2.13. The minimum Gasteiger partial charge on any atom is -0.476 e. The second-order valence-corrected chi connectivity index (χ2v) is 6.41. The number of carbonyl (C=O) groups is 1. The predicted octanol–water partition coefficient (Wildman–Crippen LogP) is 3.30. The van der Waals surface area contributed by atoms with Crippen molar-refractivity contribution in [2.75, 3.05) is 0 Å². The van der Waals surface area contributed by atoms with Gasteiger partial charge in [-0.3, -0.25) is 4.79 Å². The number of hydrogen-bond donors (Lipinski definition) is 2. The van der Waals surface area contributed by atoms with E-state index in [2.05, 4.69) is 10.1 Å². The number of aromatic carboxylic acids is 1. The van der Waals surface area contributed by atoms with Crippen LogP contribution < -0.4 is 5.56 Å². The normalized spacial score (nSPS) is 18.2. The molecule has 0 saturated heterocycles. The van der Waals surface area contributed by atoms with E-state index in [1.165, 1.54) is 18.3 Å². The van der Waals surface area contributed by atoms with Crippen LogP contribution in [0.2, 0.25) is 5.02 Å². The summed E-state index contributed by atoms with van der Waals surface area (Å²) in [4.78, 5) is 26.3. The maximum atomic E-state index is 13.6. The summed E-state index contributed by atoms with van der Waals surface area (Å²) in [6.07, 6.45) is 0.702. The third-order valence-corrected chi connectivity index (χ3v) is 4.58. The fourth-order valence-electron chi connectivity index (χ4n) is 2.93. The molecule has 2 aromatic heterocycles. The number of aromatic nitrogens is 3. The van der Waals surface area contributed by atoms with Crippen LogP contribution in [0.1, 0.15) is 28.4 Å². The molecule has 1 unspecified atom stereocenters. The van der Waals surface area contributed by atoms with Crippen molar-refractivity contribution in [3.63, 3.8) is 0 Å². The van der Waals surface area contributed by atoms with Gasteiger partial charge in [0.2, 0.25) is 0 Å². The van der Waals surface area contributed by atoms with E-state index < -0.39 is 41.3 Å². The number of rotatable bonds is 3. The van der Waals surface area contributed by atoms with Gasteiger partial charge in [0.1, 0.15) is 11.3 Å². The number of halogens is 4. The zero-order chi connectivity index (χ0) is 18.8. The molecule has 0 radical (unpaired) electrons. The molecule has 1 atom stereocenters. The second kappa shape index (κ2) is 5.34. The van der Waals surface area contributed by atoms with E-state index in [1.54, 1.807) is 0 Å². The number of alkyl halides is 2. The first-order chi connectivity index (χ1) is 12.2. The predicted molar refractivity (Wildman–Crippen MR) is 85.5 cm³/mol. The molecule has 1 aliphatic rings. The molecule has 2 N–H and O–H groups in total. The summed E-state index contributed by atoms with van der Waals surface area (Å²) in [5.41, 5.74) is -1.56. The summed E-state index contributed by atoms with van der Waals surface area (Å²) < 4.78 is 41.6. The van der Waals surface area contributed by atoms with Gasteiger partial charge in [-0.15, -0.1) is 0 Å². The van der Waals surface area contributed by atoms with Crippen molar-refractivity contribution in [2.45, 2.75) is 18.3 Å². The van der Waals surface area contributed by atoms with Gasteiger partial charge in [-0.2, -0.15) is 5.10 Å². The highest BCUT2D eigenvalue weighted by atomic mass is 35.5. The Morgan fingerprint density at radius 3 is 2.69 bits per heavy atom. The highest BCUT2D eigenvalue weighted by Gasteiger charge is 2.60.